The van der Waals surface area contributed by atoms with Gasteiger partial charge < -0.3 is 104 Å². The van der Waals surface area contributed by atoms with Gasteiger partial charge in [0.25, 0.3) is 0 Å². The Morgan fingerprint density at radius 3 is 1.92 bits per heavy atom. The standard InChI is InChI=1S/C42H46O23/c1-14-28(49)32(53)34(55)40(59-14)61-18-11-23(47)27-24(12-18)62-37(17-5-7-20(44)22(46)10-17)39(31(27)52)65-42-36(57)38(29(50)15(2)60-42)64-41-35(56)33(54)30(51)25(63-41)13-58-26(48)8-4-16-3-6-19(43)21(45)9-16/h3-12,14-15,25,28-30,32-36,38,40-47,49-51,53-57H,13H2,1-2H3/b8-4+/t14-,15-,25+,28-,29-,30+,32+,33-,34+,35+,36+,38+,40-,41-,42-/m0/s1. The topological polar surface area (TPSA) is 375 Å². The predicted octanol–water partition coefficient (Wildman–Crippen LogP) is -1.51. The van der Waals surface area contributed by atoms with E-state index in [1.807, 2.05) is 0 Å². The van der Waals surface area contributed by atoms with E-state index in [1.165, 1.54) is 44.2 Å². The fourth-order valence-corrected chi connectivity index (χ4v) is 7.25. The van der Waals surface area contributed by atoms with E-state index >= 15 is 0 Å². The van der Waals surface area contributed by atoms with Crippen molar-refractivity contribution >= 4 is 23.0 Å². The molecule has 4 heterocycles. The maximum absolute atomic E-state index is 14.3. The monoisotopic (exact) mass is 918 g/mol. The Morgan fingerprint density at radius 1 is 0.631 bits per heavy atom. The van der Waals surface area contributed by atoms with Crippen LogP contribution in [0.3, 0.4) is 0 Å². The summed E-state index contributed by atoms with van der Waals surface area (Å²) < 4.78 is 45.3. The molecule has 7 rings (SSSR count). The van der Waals surface area contributed by atoms with E-state index in [9.17, 15) is 76.0 Å². The lowest BCUT2D eigenvalue weighted by atomic mass is 9.97. The number of phenols is 5. The summed E-state index contributed by atoms with van der Waals surface area (Å²) in [6, 6.07) is 9.02. The van der Waals surface area contributed by atoms with E-state index in [0.29, 0.717) is 5.56 Å². The molecule has 1 aromatic heterocycles. The second-order valence-corrected chi connectivity index (χ2v) is 15.5. The third-order valence-electron chi connectivity index (χ3n) is 11.0. The molecule has 0 spiro atoms. The third-order valence-corrected chi connectivity index (χ3v) is 11.0. The quantitative estimate of drug-likeness (QED) is 0.0462. The molecule has 3 aliphatic rings. The number of benzene rings is 3. The van der Waals surface area contributed by atoms with Crippen LogP contribution in [0, 0.1) is 0 Å². The Hall–Kier alpha value is -5.80. The van der Waals surface area contributed by atoms with Crippen molar-refractivity contribution in [2.24, 2.45) is 0 Å². The van der Waals surface area contributed by atoms with Gasteiger partial charge in [-0.05, 0) is 55.8 Å². The summed E-state index contributed by atoms with van der Waals surface area (Å²) >= 11 is 0. The van der Waals surface area contributed by atoms with Crippen LogP contribution in [-0.4, -0.2) is 171 Å². The van der Waals surface area contributed by atoms with Gasteiger partial charge in [-0.25, -0.2) is 4.79 Å². The maximum Gasteiger partial charge on any atom is 0.330 e. The van der Waals surface area contributed by atoms with Crippen LogP contribution < -0.4 is 14.9 Å². The summed E-state index contributed by atoms with van der Waals surface area (Å²) in [5, 5.41) is 136. The van der Waals surface area contributed by atoms with Crippen molar-refractivity contribution in [3.05, 3.63) is 70.4 Å². The molecule has 0 aliphatic carbocycles. The highest BCUT2D eigenvalue weighted by Crippen LogP contribution is 2.41. The van der Waals surface area contributed by atoms with Gasteiger partial charge in [-0.1, -0.05) is 6.07 Å². The number of ether oxygens (including phenoxy) is 7. The number of aliphatic hydroxyl groups excluding tert-OH is 8. The number of rotatable bonds is 11. The number of esters is 1. The summed E-state index contributed by atoms with van der Waals surface area (Å²) in [5.41, 5.74) is -1.29. The van der Waals surface area contributed by atoms with Gasteiger partial charge in [0.15, 0.2) is 35.0 Å². The molecule has 13 N–H and O–H groups in total. The van der Waals surface area contributed by atoms with Crippen molar-refractivity contribution in [3.63, 3.8) is 0 Å². The molecule has 23 heteroatoms. The van der Waals surface area contributed by atoms with Gasteiger partial charge in [0.1, 0.15) is 90.1 Å². The highest BCUT2D eigenvalue weighted by atomic mass is 16.7. The predicted molar refractivity (Wildman–Crippen MR) is 214 cm³/mol. The molecular weight excluding hydrogens is 872 g/mol. The van der Waals surface area contributed by atoms with Gasteiger partial charge in [-0.15, -0.1) is 0 Å². The minimum absolute atomic E-state index is 0.114. The first-order valence-electron chi connectivity index (χ1n) is 19.9. The molecule has 65 heavy (non-hydrogen) atoms. The van der Waals surface area contributed by atoms with Crippen LogP contribution in [0.15, 0.2) is 63.8 Å². The first-order chi connectivity index (χ1) is 30.7. The van der Waals surface area contributed by atoms with Crippen molar-refractivity contribution in [1.82, 2.24) is 0 Å². The number of aromatic hydroxyl groups is 5. The fraction of sp³-hybridized carbons (Fsp3) is 0.429. The minimum Gasteiger partial charge on any atom is -0.507 e. The molecular formula is C42H46O23. The molecule has 3 aromatic carbocycles. The summed E-state index contributed by atoms with van der Waals surface area (Å²) in [6.07, 6.45) is -23.5. The van der Waals surface area contributed by atoms with Crippen LogP contribution in [-0.2, 0) is 28.5 Å². The molecule has 4 aromatic rings. The number of carbonyl (C=O) groups excluding carboxylic acids is 1. The van der Waals surface area contributed by atoms with E-state index in [2.05, 4.69) is 0 Å². The Balaban J connectivity index is 1.14. The SMILES string of the molecule is C[C@@H]1O[C@@H](Oc2cc(O)c3c(=O)c(O[C@@H]4O[C@@H](C)[C@H](O)[C@@H](O[C@@H]5O[C@H](COC(=O)/C=C/c6ccc(O)c(O)c6)[C@@H](O)[C@H](O)[C@H]5O)[C@H]4O)c(-c4ccc(O)c(O)c4)oc3c2)[C@H](O)[C@H](O)[C@H]1O. The molecule has 3 aliphatic heterocycles. The highest BCUT2D eigenvalue weighted by molar-refractivity contribution is 5.89. The van der Waals surface area contributed by atoms with Gasteiger partial charge in [-0.2, -0.15) is 0 Å². The van der Waals surface area contributed by atoms with Crippen LogP contribution in [0.2, 0.25) is 0 Å². The van der Waals surface area contributed by atoms with E-state index in [0.717, 1.165) is 30.3 Å². The lowest BCUT2D eigenvalue weighted by molar-refractivity contribution is -0.350. The van der Waals surface area contributed by atoms with E-state index < -0.39 is 150 Å². The zero-order valence-corrected chi connectivity index (χ0v) is 34.0. The average molecular weight is 919 g/mol. The normalized spacial score (nSPS) is 32.9. The van der Waals surface area contributed by atoms with Crippen molar-refractivity contribution in [3.8, 4) is 51.6 Å². The van der Waals surface area contributed by atoms with Crippen molar-refractivity contribution in [2.75, 3.05) is 6.61 Å². The molecule has 0 radical (unpaired) electrons. The second-order valence-electron chi connectivity index (χ2n) is 15.5. The number of hydrogen-bond acceptors (Lipinski definition) is 23. The lowest BCUT2D eigenvalue weighted by Gasteiger charge is -2.45. The van der Waals surface area contributed by atoms with Gasteiger partial charge in [0, 0.05) is 23.8 Å². The number of hydrogen-bond donors (Lipinski definition) is 13. The summed E-state index contributed by atoms with van der Waals surface area (Å²) in [5.74, 6) is -5.32. The van der Waals surface area contributed by atoms with Gasteiger partial charge in [0.05, 0.1) is 12.2 Å². The smallest absolute Gasteiger partial charge is 0.330 e. The van der Waals surface area contributed by atoms with Crippen molar-refractivity contribution < 1.29 is 109 Å². The Bertz CT molecular complexity index is 2460. The Kier molecular flexibility index (Phi) is 13.8. The molecule has 0 amide bonds. The zero-order valence-electron chi connectivity index (χ0n) is 34.0. The first-order valence-corrected chi connectivity index (χ1v) is 19.9. The molecule has 15 atom stereocenters. The van der Waals surface area contributed by atoms with Crippen LogP contribution in [0.25, 0.3) is 28.4 Å². The fourth-order valence-electron chi connectivity index (χ4n) is 7.25. The second kappa shape index (κ2) is 19.0. The molecule has 0 bridgehead atoms. The van der Waals surface area contributed by atoms with E-state index in [1.54, 1.807) is 0 Å². The highest BCUT2D eigenvalue weighted by Gasteiger charge is 2.51. The van der Waals surface area contributed by atoms with E-state index in [4.69, 9.17) is 37.6 Å². The number of phenolic OH excluding ortho intramolecular Hbond substituents is 5. The van der Waals surface area contributed by atoms with Crippen LogP contribution >= 0.6 is 0 Å². The number of carbonyl (C=O) groups is 1. The third kappa shape index (κ3) is 9.62. The summed E-state index contributed by atoms with van der Waals surface area (Å²) in [4.78, 5) is 26.7. The molecule has 3 fully saturated rings. The first kappa shape index (κ1) is 47.2. The molecule has 352 valence electrons. The Labute approximate surface area is 365 Å². The van der Waals surface area contributed by atoms with Crippen LogP contribution in [0.4, 0.5) is 0 Å². The molecule has 0 saturated carbocycles. The van der Waals surface area contributed by atoms with Crippen molar-refractivity contribution in [2.45, 2.75) is 106 Å². The van der Waals surface area contributed by atoms with Crippen molar-refractivity contribution in [1.29, 1.82) is 0 Å². The molecule has 23 nitrogen and oxygen atoms in total. The maximum atomic E-state index is 14.3. The van der Waals surface area contributed by atoms with Gasteiger partial charge >= 0.3 is 5.97 Å². The largest absolute Gasteiger partial charge is 0.507 e. The summed E-state index contributed by atoms with van der Waals surface area (Å²) in [6.45, 7) is 2.01. The van der Waals surface area contributed by atoms with Gasteiger partial charge in [-0.3, -0.25) is 4.79 Å². The molecule has 0 unspecified atom stereocenters. The zero-order chi connectivity index (χ0) is 47.2. The van der Waals surface area contributed by atoms with Gasteiger partial charge in [0.2, 0.25) is 23.8 Å². The van der Waals surface area contributed by atoms with E-state index in [-0.39, 0.29) is 22.6 Å². The minimum atomic E-state index is -2.08. The van der Waals surface area contributed by atoms with Crippen LogP contribution in [0.5, 0.6) is 40.2 Å². The number of fused-ring (bicyclic) bond motifs is 1. The summed E-state index contributed by atoms with van der Waals surface area (Å²) in [7, 11) is 0. The average Bonchev–Trinajstić information content (AvgIpc) is 3.26. The van der Waals surface area contributed by atoms with Crippen LogP contribution in [0.1, 0.15) is 19.4 Å². The lowest BCUT2D eigenvalue weighted by Crippen LogP contribution is -2.64. The molecule has 3 saturated heterocycles. The Morgan fingerprint density at radius 2 is 1.25 bits per heavy atom. The number of aliphatic hydroxyl groups is 8.